The summed E-state index contributed by atoms with van der Waals surface area (Å²) >= 11 is 0. The quantitative estimate of drug-likeness (QED) is 0.525. The maximum atomic E-state index is 12.4. The maximum Gasteiger partial charge on any atom is 0.215 e. The molecule has 0 bridgehead atoms. The second kappa shape index (κ2) is 9.71. The smallest absolute Gasteiger partial charge is 0.215 e. The van der Waals surface area contributed by atoms with Crippen LogP contribution in [-0.2, 0) is 20.2 Å². The van der Waals surface area contributed by atoms with E-state index in [4.69, 9.17) is 4.74 Å². The van der Waals surface area contributed by atoms with Gasteiger partial charge >= 0.3 is 0 Å². The van der Waals surface area contributed by atoms with E-state index in [0.29, 0.717) is 38.8 Å². The van der Waals surface area contributed by atoms with Crippen LogP contribution in [0.5, 0.6) is 0 Å². The molecule has 2 fully saturated rings. The Balaban J connectivity index is 1.51. The van der Waals surface area contributed by atoms with Crippen LogP contribution in [0.1, 0.15) is 31.2 Å². The molecule has 0 unspecified atom stereocenters. The van der Waals surface area contributed by atoms with Gasteiger partial charge in [-0.25, -0.2) is 8.42 Å². The highest BCUT2D eigenvalue weighted by molar-refractivity contribution is 7.89. The average molecular weight is 409 g/mol. The van der Waals surface area contributed by atoms with Crippen molar-refractivity contribution in [2.75, 3.05) is 52.2 Å². The molecular weight excluding hydrogens is 376 g/mol. The van der Waals surface area contributed by atoms with Crippen molar-refractivity contribution in [2.45, 2.75) is 31.1 Å². The second-order valence-corrected chi connectivity index (χ2v) is 9.62. The van der Waals surface area contributed by atoms with Gasteiger partial charge in [0.2, 0.25) is 10.0 Å². The van der Waals surface area contributed by atoms with E-state index in [9.17, 15) is 8.42 Å². The summed E-state index contributed by atoms with van der Waals surface area (Å²) in [6.07, 6.45) is 4.79. The summed E-state index contributed by atoms with van der Waals surface area (Å²) in [7, 11) is -1.55. The number of nitrogens with zero attached hydrogens (tertiary/aromatic N) is 2. The summed E-state index contributed by atoms with van der Waals surface area (Å²) < 4.78 is 31.6. The average Bonchev–Trinajstić information content (AvgIpc) is 3.22. The Kier molecular flexibility index (Phi) is 7.31. The lowest BCUT2D eigenvalue weighted by atomic mass is 9.79. The largest absolute Gasteiger partial charge is 0.379 e. The summed E-state index contributed by atoms with van der Waals surface area (Å²) in [4.78, 5) is 4.27. The van der Waals surface area contributed by atoms with Crippen molar-refractivity contribution < 1.29 is 13.2 Å². The number of ether oxygens (including phenoxy) is 1. The maximum absolute atomic E-state index is 12.4. The van der Waals surface area contributed by atoms with Crippen molar-refractivity contribution in [1.29, 1.82) is 0 Å². The highest BCUT2D eigenvalue weighted by Crippen LogP contribution is 2.40. The number of morpholine rings is 1. The number of hydrogen-bond donors (Lipinski definition) is 2. The first-order valence-corrected chi connectivity index (χ1v) is 11.7. The third-order valence-corrected chi connectivity index (χ3v) is 7.65. The van der Waals surface area contributed by atoms with E-state index < -0.39 is 10.0 Å². The first kappa shape index (κ1) is 21.1. The van der Waals surface area contributed by atoms with Crippen LogP contribution in [0.3, 0.4) is 0 Å². The van der Waals surface area contributed by atoms with E-state index in [2.05, 4.69) is 46.0 Å². The normalized spacial score (nSPS) is 20.8. The predicted octanol–water partition coefficient (Wildman–Crippen LogP) is 1.33. The SMILES string of the molecule is CN=C(NCCS(=O)(=O)N1CCOCC1)NCC1(c2ccccc2)CCCC1. The van der Waals surface area contributed by atoms with Gasteiger partial charge in [0.05, 0.1) is 19.0 Å². The van der Waals surface area contributed by atoms with Gasteiger partial charge in [-0.15, -0.1) is 0 Å². The lowest BCUT2D eigenvalue weighted by Crippen LogP contribution is -2.47. The Morgan fingerprint density at radius 2 is 1.82 bits per heavy atom. The van der Waals surface area contributed by atoms with Crippen LogP contribution in [-0.4, -0.2) is 70.9 Å². The number of nitrogens with one attached hydrogen (secondary N) is 2. The third-order valence-electron chi connectivity index (χ3n) is 5.78. The van der Waals surface area contributed by atoms with Crippen LogP contribution < -0.4 is 10.6 Å². The van der Waals surface area contributed by atoms with Gasteiger partial charge in [-0.2, -0.15) is 4.31 Å². The van der Waals surface area contributed by atoms with Crippen LogP contribution in [0.25, 0.3) is 0 Å². The van der Waals surface area contributed by atoms with Gasteiger partial charge < -0.3 is 15.4 Å². The van der Waals surface area contributed by atoms with Gasteiger partial charge in [0, 0.05) is 38.6 Å². The van der Waals surface area contributed by atoms with Gasteiger partial charge in [-0.3, -0.25) is 4.99 Å². The van der Waals surface area contributed by atoms with Crippen LogP contribution in [0.15, 0.2) is 35.3 Å². The van der Waals surface area contributed by atoms with E-state index in [1.54, 1.807) is 7.05 Å². The summed E-state index contributed by atoms with van der Waals surface area (Å²) in [6.45, 7) is 2.95. The fraction of sp³-hybridized carbons (Fsp3) is 0.650. The zero-order valence-electron chi connectivity index (χ0n) is 16.7. The molecule has 2 aliphatic rings. The molecule has 8 heteroatoms. The highest BCUT2D eigenvalue weighted by Gasteiger charge is 2.35. The van der Waals surface area contributed by atoms with Crippen molar-refractivity contribution in [3.05, 3.63) is 35.9 Å². The van der Waals surface area contributed by atoms with Crippen molar-refractivity contribution >= 4 is 16.0 Å². The molecule has 1 aliphatic heterocycles. The first-order valence-electron chi connectivity index (χ1n) is 10.1. The van der Waals surface area contributed by atoms with E-state index >= 15 is 0 Å². The fourth-order valence-corrected chi connectivity index (χ4v) is 5.46. The van der Waals surface area contributed by atoms with Crippen molar-refractivity contribution in [2.24, 2.45) is 4.99 Å². The molecule has 0 radical (unpaired) electrons. The van der Waals surface area contributed by atoms with Crippen LogP contribution in [0.2, 0.25) is 0 Å². The topological polar surface area (TPSA) is 83.0 Å². The van der Waals surface area contributed by atoms with Crippen LogP contribution in [0.4, 0.5) is 0 Å². The minimum absolute atomic E-state index is 0.0531. The molecule has 1 aromatic carbocycles. The van der Waals surface area contributed by atoms with E-state index in [1.807, 2.05) is 0 Å². The monoisotopic (exact) mass is 408 g/mol. The van der Waals surface area contributed by atoms with Gasteiger partial charge in [-0.05, 0) is 18.4 Å². The van der Waals surface area contributed by atoms with Crippen molar-refractivity contribution in [3.63, 3.8) is 0 Å². The molecule has 0 spiro atoms. The summed E-state index contributed by atoms with van der Waals surface area (Å²) in [5.74, 6) is 0.705. The van der Waals surface area contributed by atoms with Gasteiger partial charge in [-0.1, -0.05) is 43.2 Å². The molecule has 1 heterocycles. The zero-order valence-corrected chi connectivity index (χ0v) is 17.5. The molecular formula is C20H32N4O3S. The zero-order chi connectivity index (χ0) is 19.9. The first-order chi connectivity index (χ1) is 13.6. The Bertz CT molecular complexity index is 740. The van der Waals surface area contributed by atoms with Gasteiger partial charge in [0.15, 0.2) is 5.96 Å². The fourth-order valence-electron chi connectivity index (χ4n) is 4.14. The highest BCUT2D eigenvalue weighted by atomic mass is 32.2. The Morgan fingerprint density at radius 3 is 2.46 bits per heavy atom. The molecule has 0 amide bonds. The molecule has 1 aliphatic carbocycles. The van der Waals surface area contributed by atoms with Gasteiger partial charge in [0.1, 0.15) is 0 Å². The van der Waals surface area contributed by atoms with Crippen LogP contribution in [0, 0.1) is 0 Å². The molecule has 0 aromatic heterocycles. The number of sulfonamides is 1. The standard InChI is InChI=1S/C20H32N4O3S/c1-21-19(22-11-16-28(25,26)24-12-14-27-15-13-24)23-17-20(9-5-6-10-20)18-7-3-2-4-8-18/h2-4,7-8H,5-6,9-17H2,1H3,(H2,21,22,23). The molecule has 3 rings (SSSR count). The van der Waals surface area contributed by atoms with Crippen LogP contribution >= 0.6 is 0 Å². The predicted molar refractivity (Wildman–Crippen MR) is 112 cm³/mol. The molecule has 28 heavy (non-hydrogen) atoms. The van der Waals surface area contributed by atoms with Crippen molar-refractivity contribution in [1.82, 2.24) is 14.9 Å². The minimum atomic E-state index is -3.26. The molecule has 7 nitrogen and oxygen atoms in total. The Hall–Kier alpha value is -1.64. The summed E-state index contributed by atoms with van der Waals surface area (Å²) in [5.41, 5.74) is 1.49. The van der Waals surface area contributed by atoms with E-state index in [-0.39, 0.29) is 11.2 Å². The Labute approximate surface area is 168 Å². The summed E-state index contributed by atoms with van der Waals surface area (Å²) in [6, 6.07) is 10.7. The molecule has 1 aromatic rings. The Morgan fingerprint density at radius 1 is 1.14 bits per heavy atom. The number of guanidine groups is 1. The van der Waals surface area contributed by atoms with E-state index in [1.165, 1.54) is 22.7 Å². The third kappa shape index (κ3) is 5.24. The molecule has 156 valence electrons. The molecule has 0 atom stereocenters. The number of benzene rings is 1. The second-order valence-electron chi connectivity index (χ2n) is 7.53. The van der Waals surface area contributed by atoms with Crippen molar-refractivity contribution in [3.8, 4) is 0 Å². The van der Waals surface area contributed by atoms with Gasteiger partial charge in [0.25, 0.3) is 0 Å². The lowest BCUT2D eigenvalue weighted by Gasteiger charge is -2.31. The molecule has 2 N–H and O–H groups in total. The lowest BCUT2D eigenvalue weighted by molar-refractivity contribution is 0.0730. The molecule has 1 saturated carbocycles. The number of hydrogen-bond acceptors (Lipinski definition) is 4. The van der Waals surface area contributed by atoms with E-state index in [0.717, 1.165) is 19.4 Å². The minimum Gasteiger partial charge on any atom is -0.379 e. The molecule has 1 saturated heterocycles. The number of aliphatic imine (C=N–C) groups is 1. The summed E-state index contributed by atoms with van der Waals surface area (Å²) in [5, 5.41) is 6.59. The number of rotatable bonds is 7.